The van der Waals surface area contributed by atoms with Crippen LogP contribution in [0.4, 0.5) is 13.6 Å². The van der Waals surface area contributed by atoms with Gasteiger partial charge in [-0.05, 0) is 6.92 Å². The molecule has 10 heavy (non-hydrogen) atoms. The summed E-state index contributed by atoms with van der Waals surface area (Å²) in [5.41, 5.74) is -1.74. The Balaban J connectivity index is 2.70. The molecule has 1 saturated heterocycles. The summed E-state index contributed by atoms with van der Waals surface area (Å²) < 4.78 is 32.4. The van der Waals surface area contributed by atoms with Crippen molar-refractivity contribution >= 4 is 6.16 Å². The van der Waals surface area contributed by atoms with Crippen LogP contribution in [-0.2, 0) is 9.47 Å². The molecule has 1 aliphatic heterocycles. The number of halogens is 2. The molecule has 1 aliphatic rings. The summed E-state index contributed by atoms with van der Waals surface area (Å²) in [5, 5.41) is 0. The molecule has 0 N–H and O–H groups in total. The van der Waals surface area contributed by atoms with Crippen LogP contribution in [0.5, 0.6) is 0 Å². The van der Waals surface area contributed by atoms with Gasteiger partial charge in [-0.25, -0.2) is 9.18 Å². The van der Waals surface area contributed by atoms with Gasteiger partial charge in [0.1, 0.15) is 6.67 Å². The Morgan fingerprint density at radius 2 is 2.40 bits per heavy atom. The molecular formula is C5H6F2O3. The molecule has 58 valence electrons. The van der Waals surface area contributed by atoms with E-state index in [4.69, 9.17) is 0 Å². The number of rotatable bonds is 1. The molecule has 0 aliphatic carbocycles. The highest BCUT2D eigenvalue weighted by Gasteiger charge is 2.48. The van der Waals surface area contributed by atoms with Gasteiger partial charge in [-0.15, -0.1) is 0 Å². The van der Waals surface area contributed by atoms with E-state index in [1.807, 2.05) is 0 Å². The highest BCUT2D eigenvalue weighted by atomic mass is 19.2. The molecule has 1 fully saturated rings. The van der Waals surface area contributed by atoms with E-state index < -0.39 is 24.8 Å². The van der Waals surface area contributed by atoms with Crippen LogP contribution in [0.1, 0.15) is 6.92 Å². The summed E-state index contributed by atoms with van der Waals surface area (Å²) in [6, 6.07) is 0. The number of carbonyl (C=O) groups excluding carboxylic acids is 1. The molecule has 3 nitrogen and oxygen atoms in total. The van der Waals surface area contributed by atoms with Crippen LogP contribution in [-0.4, -0.2) is 24.8 Å². The lowest BCUT2D eigenvalue weighted by Gasteiger charge is -2.16. The third kappa shape index (κ3) is 0.913. The van der Waals surface area contributed by atoms with Crippen molar-refractivity contribution in [2.45, 2.75) is 18.9 Å². The zero-order valence-corrected chi connectivity index (χ0v) is 5.27. The predicted octanol–water partition coefficient (Wildman–Crippen LogP) is 1.18. The molecule has 0 amide bonds. The first-order valence-electron chi connectivity index (χ1n) is 2.68. The van der Waals surface area contributed by atoms with Crippen LogP contribution in [0.3, 0.4) is 0 Å². The third-order valence-corrected chi connectivity index (χ3v) is 1.26. The maximum atomic E-state index is 12.4. The van der Waals surface area contributed by atoms with Crippen molar-refractivity contribution in [1.29, 1.82) is 0 Å². The molecule has 2 unspecified atom stereocenters. The van der Waals surface area contributed by atoms with Crippen molar-refractivity contribution in [2.75, 3.05) is 6.67 Å². The Morgan fingerprint density at radius 3 is 2.60 bits per heavy atom. The normalized spacial score (nSPS) is 39.1. The van der Waals surface area contributed by atoms with Gasteiger partial charge in [0.2, 0.25) is 5.60 Å². The highest BCUT2D eigenvalue weighted by molar-refractivity contribution is 5.63. The first kappa shape index (κ1) is 7.24. The van der Waals surface area contributed by atoms with Gasteiger partial charge in [-0.1, -0.05) is 0 Å². The van der Waals surface area contributed by atoms with Gasteiger partial charge in [0, 0.05) is 0 Å². The van der Waals surface area contributed by atoms with Gasteiger partial charge in [-0.2, -0.15) is 4.39 Å². The lowest BCUT2D eigenvalue weighted by atomic mass is 10.1. The third-order valence-electron chi connectivity index (χ3n) is 1.26. The molecule has 0 aromatic rings. The lowest BCUT2D eigenvalue weighted by molar-refractivity contribution is -0.0433. The van der Waals surface area contributed by atoms with E-state index in [9.17, 15) is 13.6 Å². The van der Waals surface area contributed by atoms with Crippen molar-refractivity contribution in [1.82, 2.24) is 0 Å². The first-order chi connectivity index (χ1) is 4.58. The fraction of sp³-hybridized carbons (Fsp3) is 0.800. The van der Waals surface area contributed by atoms with Crippen molar-refractivity contribution < 1.29 is 23.0 Å². The van der Waals surface area contributed by atoms with Crippen molar-refractivity contribution in [2.24, 2.45) is 0 Å². The van der Waals surface area contributed by atoms with E-state index in [1.165, 1.54) is 0 Å². The van der Waals surface area contributed by atoms with E-state index in [1.54, 1.807) is 0 Å². The lowest BCUT2D eigenvalue weighted by Crippen LogP contribution is -2.35. The number of alkyl halides is 2. The molecule has 0 bridgehead atoms. The second kappa shape index (κ2) is 2.07. The Kier molecular flexibility index (Phi) is 1.50. The quantitative estimate of drug-likeness (QED) is 0.529. The smallest absolute Gasteiger partial charge is 0.418 e. The fourth-order valence-electron chi connectivity index (χ4n) is 0.558. The summed E-state index contributed by atoms with van der Waals surface area (Å²) in [4.78, 5) is 10.2. The van der Waals surface area contributed by atoms with Gasteiger partial charge < -0.3 is 9.47 Å². The van der Waals surface area contributed by atoms with Crippen LogP contribution in [0.2, 0.25) is 0 Å². The van der Waals surface area contributed by atoms with Crippen LogP contribution in [0.15, 0.2) is 0 Å². The molecule has 1 heterocycles. The topological polar surface area (TPSA) is 35.5 Å². The highest BCUT2D eigenvalue weighted by Crippen LogP contribution is 2.27. The summed E-state index contributed by atoms with van der Waals surface area (Å²) in [5.74, 6) is 0. The number of hydrogen-bond donors (Lipinski definition) is 0. The monoisotopic (exact) mass is 152 g/mol. The van der Waals surface area contributed by atoms with Crippen LogP contribution in [0.25, 0.3) is 0 Å². The molecule has 2 atom stereocenters. The minimum absolute atomic E-state index is 1.08. The molecule has 0 aromatic carbocycles. The number of cyclic esters (lactones) is 2. The van der Waals surface area contributed by atoms with Gasteiger partial charge in [0.15, 0.2) is 0 Å². The first-order valence-corrected chi connectivity index (χ1v) is 2.68. The predicted molar refractivity (Wildman–Crippen MR) is 26.8 cm³/mol. The SMILES string of the molecule is CC1(CF)OC(=O)OC1F. The van der Waals surface area contributed by atoms with Gasteiger partial charge in [-0.3, -0.25) is 0 Å². The average Bonchev–Trinajstić information content (AvgIpc) is 2.09. The second-order valence-corrected chi connectivity index (χ2v) is 2.23. The van der Waals surface area contributed by atoms with E-state index in [0.717, 1.165) is 6.92 Å². The number of ether oxygens (including phenoxy) is 2. The second-order valence-electron chi connectivity index (χ2n) is 2.23. The summed E-state index contributed by atoms with van der Waals surface area (Å²) >= 11 is 0. The van der Waals surface area contributed by atoms with Crippen LogP contribution < -0.4 is 0 Å². The largest absolute Gasteiger partial charge is 0.511 e. The molecule has 0 radical (unpaired) electrons. The van der Waals surface area contributed by atoms with Crippen molar-refractivity contribution in [3.63, 3.8) is 0 Å². The standard InChI is InChI=1S/C5H6F2O3/c1-5(2-6)3(7)9-4(8)10-5/h3H,2H2,1H3. The molecular weight excluding hydrogens is 146 g/mol. The van der Waals surface area contributed by atoms with Gasteiger partial charge in [0.05, 0.1) is 0 Å². The minimum Gasteiger partial charge on any atom is -0.418 e. The summed E-state index contributed by atoms with van der Waals surface area (Å²) in [6.45, 7) is 0.0441. The van der Waals surface area contributed by atoms with E-state index in [2.05, 4.69) is 9.47 Å². The number of hydrogen-bond acceptors (Lipinski definition) is 3. The van der Waals surface area contributed by atoms with Gasteiger partial charge >= 0.3 is 6.16 Å². The van der Waals surface area contributed by atoms with Crippen molar-refractivity contribution in [3.05, 3.63) is 0 Å². The van der Waals surface area contributed by atoms with E-state index in [0.29, 0.717) is 0 Å². The molecule has 0 spiro atoms. The zero-order valence-electron chi connectivity index (χ0n) is 5.27. The van der Waals surface area contributed by atoms with Crippen molar-refractivity contribution in [3.8, 4) is 0 Å². The van der Waals surface area contributed by atoms with Crippen LogP contribution in [0, 0.1) is 0 Å². The zero-order chi connectivity index (χ0) is 7.78. The Labute approximate surface area is 55.9 Å². The Morgan fingerprint density at radius 1 is 1.80 bits per heavy atom. The summed E-state index contributed by atoms with van der Waals surface area (Å²) in [7, 11) is 0. The maximum absolute atomic E-state index is 12.4. The van der Waals surface area contributed by atoms with Crippen LogP contribution >= 0.6 is 0 Å². The molecule has 1 rings (SSSR count). The molecule has 5 heteroatoms. The number of carbonyl (C=O) groups is 1. The average molecular weight is 152 g/mol. The molecule has 0 aromatic heterocycles. The Bertz CT molecular complexity index is 161. The van der Waals surface area contributed by atoms with E-state index >= 15 is 0 Å². The Hall–Kier alpha value is -0.870. The fourth-order valence-corrected chi connectivity index (χ4v) is 0.558. The maximum Gasteiger partial charge on any atom is 0.511 e. The van der Waals surface area contributed by atoms with E-state index in [-0.39, 0.29) is 0 Å². The minimum atomic E-state index is -2.00. The van der Waals surface area contributed by atoms with Gasteiger partial charge in [0.25, 0.3) is 6.36 Å². The summed E-state index contributed by atoms with van der Waals surface area (Å²) in [6.07, 6.45) is -3.15. The molecule has 0 saturated carbocycles.